The van der Waals surface area contributed by atoms with Crippen molar-refractivity contribution < 1.29 is 18.7 Å². The summed E-state index contributed by atoms with van der Waals surface area (Å²) < 4.78 is 30.0. The van der Waals surface area contributed by atoms with E-state index in [9.17, 15) is 14.3 Å². The third-order valence-electron chi connectivity index (χ3n) is 7.76. The number of hydrogen-bond acceptors (Lipinski definition) is 6. The number of aromatic amines is 2. The lowest BCUT2D eigenvalue weighted by molar-refractivity contribution is -0.152. The van der Waals surface area contributed by atoms with Crippen LogP contribution in [0.15, 0.2) is 29.8 Å². The number of hydrogen-bond donors (Lipinski definition) is 3. The van der Waals surface area contributed by atoms with Gasteiger partial charge >= 0.3 is 5.97 Å². The van der Waals surface area contributed by atoms with E-state index in [-0.39, 0.29) is 41.4 Å². The van der Waals surface area contributed by atoms with Crippen LogP contribution in [0.25, 0.3) is 33.8 Å². The van der Waals surface area contributed by atoms with E-state index in [4.69, 9.17) is 0 Å². The van der Waals surface area contributed by atoms with Crippen LogP contribution < -0.4 is 0 Å². The zero-order valence-electron chi connectivity index (χ0n) is 19.5. The Kier molecular flexibility index (Phi) is 5.74. The lowest BCUT2D eigenvalue weighted by Gasteiger charge is -2.46. The fraction of sp³-hybridized carbons (Fsp3) is 0.400. The first-order valence-corrected chi connectivity index (χ1v) is 13.2. The third kappa shape index (κ3) is 3.85. The van der Waals surface area contributed by atoms with Crippen molar-refractivity contribution in [2.24, 2.45) is 23.7 Å². The van der Waals surface area contributed by atoms with Gasteiger partial charge in [-0.2, -0.15) is 0 Å². The number of carboxylic acids is 1. The highest BCUT2D eigenvalue weighted by atomic mass is 32.2. The summed E-state index contributed by atoms with van der Waals surface area (Å²) in [5.74, 6) is -2.09. The Morgan fingerprint density at radius 2 is 1.92 bits per heavy atom. The first kappa shape index (κ1) is 23.1. The molecule has 4 aromatic heterocycles. The first-order chi connectivity index (χ1) is 17.4. The second-order valence-electron chi connectivity index (χ2n) is 9.62. The van der Waals surface area contributed by atoms with Gasteiger partial charge in [-0.3, -0.25) is 4.79 Å². The molecule has 4 heterocycles. The Bertz CT molecular complexity index is 1460. The van der Waals surface area contributed by atoms with Gasteiger partial charge < -0.3 is 15.1 Å². The molecule has 0 amide bonds. The maximum Gasteiger partial charge on any atom is 0.307 e. The number of halogens is 2. The molecule has 0 unspecified atom stereocenters. The zero-order chi connectivity index (χ0) is 25.0. The number of H-pyrrole nitrogens is 2. The third-order valence-corrected chi connectivity index (χ3v) is 8.36. The molecule has 0 aromatic carbocycles. The van der Waals surface area contributed by atoms with E-state index in [1.165, 1.54) is 24.0 Å². The minimum absolute atomic E-state index is 0.0503. The van der Waals surface area contributed by atoms with Crippen molar-refractivity contribution in [1.82, 2.24) is 29.9 Å². The Labute approximate surface area is 209 Å². The van der Waals surface area contributed by atoms with Gasteiger partial charge in [0.05, 0.1) is 29.7 Å². The highest BCUT2D eigenvalue weighted by Gasteiger charge is 2.47. The molecule has 3 N–H and O–H groups in total. The number of thioether (sulfide) groups is 1. The minimum Gasteiger partial charge on any atom is -0.481 e. The van der Waals surface area contributed by atoms with E-state index in [2.05, 4.69) is 29.9 Å². The van der Waals surface area contributed by atoms with Gasteiger partial charge in [0.15, 0.2) is 16.8 Å². The molecule has 186 valence electrons. The molecule has 2 bridgehead atoms. The topological polar surface area (TPSA) is 120 Å². The first-order valence-electron chi connectivity index (χ1n) is 11.9. The molecule has 0 spiro atoms. The van der Waals surface area contributed by atoms with Crippen molar-refractivity contribution in [2.75, 3.05) is 6.26 Å². The van der Waals surface area contributed by atoms with Crippen molar-refractivity contribution >= 4 is 28.8 Å². The smallest absolute Gasteiger partial charge is 0.307 e. The number of nitrogens with zero attached hydrogens (tertiary/aromatic N) is 4. The molecule has 8 nitrogen and oxygen atoms in total. The number of pyridine rings is 1. The van der Waals surface area contributed by atoms with E-state index in [0.717, 1.165) is 31.9 Å². The van der Waals surface area contributed by atoms with Gasteiger partial charge in [-0.05, 0) is 62.2 Å². The maximum atomic E-state index is 16.0. The van der Waals surface area contributed by atoms with Crippen LogP contribution in [0.5, 0.6) is 0 Å². The summed E-state index contributed by atoms with van der Waals surface area (Å²) in [6, 6.07) is 1.34. The molecule has 36 heavy (non-hydrogen) atoms. The van der Waals surface area contributed by atoms with Crippen LogP contribution >= 0.6 is 11.8 Å². The normalized spacial score (nSPS) is 23.4. The SMILES string of the molecule is CSc1ncc(-c2nc(-c3c[nH]c4ncc(F)cc34)nc(C[C@H]3C4CCC(CC4)[C@@H]3C(=O)O)c2F)[nH]1. The molecule has 3 saturated carbocycles. The maximum absolute atomic E-state index is 16.0. The van der Waals surface area contributed by atoms with Crippen LogP contribution in [-0.2, 0) is 11.2 Å². The fourth-order valence-corrected chi connectivity index (χ4v) is 6.46. The van der Waals surface area contributed by atoms with Crippen LogP contribution in [0.2, 0.25) is 0 Å². The summed E-state index contributed by atoms with van der Waals surface area (Å²) in [5, 5.41) is 11.1. The molecule has 0 radical (unpaired) electrons. The predicted octanol–water partition coefficient (Wildman–Crippen LogP) is 5.09. The van der Waals surface area contributed by atoms with Gasteiger partial charge in [-0.25, -0.2) is 28.7 Å². The summed E-state index contributed by atoms with van der Waals surface area (Å²) >= 11 is 1.39. The lowest BCUT2D eigenvalue weighted by atomic mass is 9.57. The van der Waals surface area contributed by atoms with Crippen LogP contribution in [0.1, 0.15) is 31.4 Å². The van der Waals surface area contributed by atoms with Gasteiger partial charge in [0.2, 0.25) is 0 Å². The monoisotopic (exact) mass is 510 g/mol. The molecule has 0 aliphatic heterocycles. The molecular formula is C25H24F2N6O2S. The number of rotatable bonds is 6. The summed E-state index contributed by atoms with van der Waals surface area (Å²) in [6.07, 6.45) is 10.0. The molecule has 3 aliphatic carbocycles. The van der Waals surface area contributed by atoms with Crippen molar-refractivity contribution in [2.45, 2.75) is 37.3 Å². The Balaban J connectivity index is 1.49. The van der Waals surface area contributed by atoms with Crippen LogP contribution in [-0.4, -0.2) is 47.2 Å². The van der Waals surface area contributed by atoms with Crippen LogP contribution in [0.4, 0.5) is 8.78 Å². The quantitative estimate of drug-likeness (QED) is 0.309. The average molecular weight is 511 g/mol. The van der Waals surface area contributed by atoms with E-state index in [0.29, 0.717) is 27.4 Å². The molecule has 7 rings (SSSR count). The number of carboxylic acid groups (broad SMARTS) is 1. The van der Waals surface area contributed by atoms with Crippen LogP contribution in [0, 0.1) is 35.3 Å². The number of imidazole rings is 1. The Morgan fingerprint density at radius 3 is 2.64 bits per heavy atom. The van der Waals surface area contributed by atoms with Crippen molar-refractivity contribution in [3.05, 3.63) is 42.0 Å². The average Bonchev–Trinajstić information content (AvgIpc) is 3.53. The van der Waals surface area contributed by atoms with E-state index in [1.807, 2.05) is 6.26 Å². The molecule has 3 fully saturated rings. The summed E-state index contributed by atoms with van der Waals surface area (Å²) in [4.78, 5) is 35.7. The van der Waals surface area contributed by atoms with E-state index >= 15 is 4.39 Å². The molecule has 3 aliphatic rings. The fourth-order valence-electron chi connectivity index (χ4n) is 6.09. The second-order valence-corrected chi connectivity index (χ2v) is 10.4. The highest BCUT2D eigenvalue weighted by Crippen LogP contribution is 2.50. The Hall–Kier alpha value is -3.34. The van der Waals surface area contributed by atoms with Gasteiger partial charge in [0.25, 0.3) is 0 Å². The largest absolute Gasteiger partial charge is 0.481 e. The molecule has 11 heteroatoms. The van der Waals surface area contributed by atoms with Gasteiger partial charge in [-0.15, -0.1) is 0 Å². The van der Waals surface area contributed by atoms with E-state index in [1.54, 1.807) is 6.20 Å². The molecule has 4 aromatic rings. The van der Waals surface area contributed by atoms with E-state index < -0.39 is 23.5 Å². The number of carbonyl (C=O) groups is 1. The molecule has 2 atom stereocenters. The number of aromatic nitrogens is 6. The number of fused-ring (bicyclic) bond motifs is 4. The van der Waals surface area contributed by atoms with Crippen molar-refractivity contribution in [1.29, 1.82) is 0 Å². The minimum atomic E-state index is -0.819. The van der Waals surface area contributed by atoms with Crippen molar-refractivity contribution in [3.63, 3.8) is 0 Å². The predicted molar refractivity (Wildman–Crippen MR) is 130 cm³/mol. The van der Waals surface area contributed by atoms with Gasteiger partial charge in [0.1, 0.15) is 17.2 Å². The standard InChI is InChI=1S/C25H24F2N6O2S/c1-36-25-30-10-18(32-25)21-20(27)17(7-14-11-2-4-12(5-3-11)19(14)24(34)35)31-23(33-21)16-9-29-22-15(16)6-13(26)8-28-22/h6,8-12,14,19H,2-5,7H2,1H3,(H,28,29)(H,30,32)(H,34,35)/t11?,12?,14-,19-/m0/s1. The van der Waals surface area contributed by atoms with Crippen molar-refractivity contribution in [3.8, 4) is 22.8 Å². The molecular weight excluding hydrogens is 486 g/mol. The molecule has 0 saturated heterocycles. The van der Waals surface area contributed by atoms with Crippen LogP contribution in [0.3, 0.4) is 0 Å². The summed E-state index contributed by atoms with van der Waals surface area (Å²) in [5.41, 5.74) is 1.56. The summed E-state index contributed by atoms with van der Waals surface area (Å²) in [6.45, 7) is 0. The second kappa shape index (κ2) is 8.95. The lowest BCUT2D eigenvalue weighted by Crippen LogP contribution is -2.45. The highest BCUT2D eigenvalue weighted by molar-refractivity contribution is 7.98. The Morgan fingerprint density at radius 1 is 1.14 bits per heavy atom. The summed E-state index contributed by atoms with van der Waals surface area (Å²) in [7, 11) is 0. The van der Waals surface area contributed by atoms with Gasteiger partial charge in [0, 0.05) is 17.1 Å². The zero-order valence-corrected chi connectivity index (χ0v) is 20.3. The van der Waals surface area contributed by atoms with Gasteiger partial charge in [-0.1, -0.05) is 11.8 Å². The number of nitrogens with one attached hydrogen (secondary N) is 2. The number of aliphatic carboxylic acids is 1.